The van der Waals surface area contributed by atoms with E-state index in [-0.39, 0.29) is 0 Å². The first kappa shape index (κ1) is 16.2. The van der Waals surface area contributed by atoms with Crippen LogP contribution in [0.5, 0.6) is 0 Å². The van der Waals surface area contributed by atoms with Gasteiger partial charge in [0.2, 0.25) is 0 Å². The van der Waals surface area contributed by atoms with Crippen LogP contribution in [-0.2, 0) is 4.74 Å². The number of nitrogens with one attached hydrogen (secondary N) is 1. The Hall–Kier alpha value is -0.810. The Labute approximate surface area is 104 Å². The summed E-state index contributed by atoms with van der Waals surface area (Å²) in [7, 11) is 0. The standard InChI is InChI=1S/C12H27N3O2/c1-2-3-10-17-11-6-9-14-8-5-4-7-12(13)15-16/h14,16H,2-11H2,1H3,(H2,13,15). The van der Waals surface area contributed by atoms with Crippen LogP contribution in [0.2, 0.25) is 0 Å². The zero-order valence-corrected chi connectivity index (χ0v) is 11.0. The fourth-order valence-electron chi connectivity index (χ4n) is 1.38. The number of rotatable bonds is 12. The third-order valence-electron chi connectivity index (χ3n) is 2.45. The predicted molar refractivity (Wildman–Crippen MR) is 70.5 cm³/mol. The largest absolute Gasteiger partial charge is 0.409 e. The first-order valence-electron chi connectivity index (χ1n) is 6.56. The average Bonchev–Trinajstić information content (AvgIpc) is 2.35. The van der Waals surface area contributed by atoms with Crippen LogP contribution in [0.1, 0.15) is 45.4 Å². The number of unbranched alkanes of at least 4 members (excludes halogenated alkanes) is 2. The Morgan fingerprint density at radius 1 is 1.18 bits per heavy atom. The van der Waals surface area contributed by atoms with Crippen molar-refractivity contribution in [2.75, 3.05) is 26.3 Å². The minimum atomic E-state index is 0.314. The lowest BCUT2D eigenvalue weighted by molar-refractivity contribution is 0.129. The van der Waals surface area contributed by atoms with Crippen molar-refractivity contribution in [1.82, 2.24) is 5.32 Å². The van der Waals surface area contributed by atoms with Crippen molar-refractivity contribution in [3.05, 3.63) is 0 Å². The van der Waals surface area contributed by atoms with Crippen LogP contribution in [-0.4, -0.2) is 37.3 Å². The van der Waals surface area contributed by atoms with Gasteiger partial charge in [-0.2, -0.15) is 0 Å². The molecule has 0 radical (unpaired) electrons. The molecular formula is C12H27N3O2. The van der Waals surface area contributed by atoms with E-state index < -0.39 is 0 Å². The SMILES string of the molecule is CCCCOCCCNCCCCC(N)=NO. The maximum Gasteiger partial charge on any atom is 0.139 e. The minimum absolute atomic E-state index is 0.314. The maximum absolute atomic E-state index is 8.33. The molecule has 0 saturated carbocycles. The molecule has 0 aromatic carbocycles. The Morgan fingerprint density at radius 3 is 2.59 bits per heavy atom. The van der Waals surface area contributed by atoms with Crippen molar-refractivity contribution >= 4 is 5.84 Å². The van der Waals surface area contributed by atoms with Gasteiger partial charge in [-0.25, -0.2) is 0 Å². The summed E-state index contributed by atoms with van der Waals surface area (Å²) in [6.45, 7) is 5.87. The molecule has 0 saturated heterocycles. The van der Waals surface area contributed by atoms with Crippen molar-refractivity contribution < 1.29 is 9.94 Å². The minimum Gasteiger partial charge on any atom is -0.409 e. The summed E-state index contributed by atoms with van der Waals surface area (Å²) in [6, 6.07) is 0. The van der Waals surface area contributed by atoms with Gasteiger partial charge in [-0.05, 0) is 38.8 Å². The second kappa shape index (κ2) is 13.3. The topological polar surface area (TPSA) is 79.9 Å². The second-order valence-corrected chi connectivity index (χ2v) is 4.12. The zero-order valence-electron chi connectivity index (χ0n) is 11.0. The van der Waals surface area contributed by atoms with Crippen LogP contribution in [0.3, 0.4) is 0 Å². The molecule has 0 bridgehead atoms. The van der Waals surface area contributed by atoms with Gasteiger partial charge < -0.3 is 21.0 Å². The van der Waals surface area contributed by atoms with E-state index in [9.17, 15) is 0 Å². The van der Waals surface area contributed by atoms with Crippen LogP contribution in [0.4, 0.5) is 0 Å². The molecule has 0 heterocycles. The maximum atomic E-state index is 8.33. The number of oxime groups is 1. The Bertz CT molecular complexity index is 187. The van der Waals surface area contributed by atoms with Crippen molar-refractivity contribution in [3.8, 4) is 0 Å². The molecule has 5 nitrogen and oxygen atoms in total. The van der Waals surface area contributed by atoms with Crippen molar-refractivity contribution in [1.29, 1.82) is 0 Å². The van der Waals surface area contributed by atoms with Gasteiger partial charge in [0, 0.05) is 19.6 Å². The fourth-order valence-corrected chi connectivity index (χ4v) is 1.38. The van der Waals surface area contributed by atoms with Gasteiger partial charge in [-0.1, -0.05) is 18.5 Å². The molecule has 0 aromatic rings. The van der Waals surface area contributed by atoms with E-state index in [2.05, 4.69) is 17.4 Å². The number of hydrogen-bond donors (Lipinski definition) is 3. The highest BCUT2D eigenvalue weighted by molar-refractivity contribution is 5.79. The summed E-state index contributed by atoms with van der Waals surface area (Å²) in [5.74, 6) is 0.314. The van der Waals surface area contributed by atoms with E-state index in [1.807, 2.05) is 0 Å². The summed E-state index contributed by atoms with van der Waals surface area (Å²) in [4.78, 5) is 0. The monoisotopic (exact) mass is 245 g/mol. The fraction of sp³-hybridized carbons (Fsp3) is 0.917. The van der Waals surface area contributed by atoms with Crippen LogP contribution in [0.15, 0.2) is 5.16 Å². The van der Waals surface area contributed by atoms with Gasteiger partial charge in [0.05, 0.1) is 0 Å². The molecule has 0 atom stereocenters. The number of hydrogen-bond acceptors (Lipinski definition) is 4. The molecule has 5 heteroatoms. The summed E-state index contributed by atoms with van der Waals surface area (Å²) >= 11 is 0. The zero-order chi connectivity index (χ0) is 12.8. The lowest BCUT2D eigenvalue weighted by atomic mass is 10.2. The van der Waals surface area contributed by atoms with Crippen LogP contribution < -0.4 is 11.1 Å². The quantitative estimate of drug-likeness (QED) is 0.161. The highest BCUT2D eigenvalue weighted by Crippen LogP contribution is 1.94. The van der Waals surface area contributed by atoms with E-state index in [0.717, 1.165) is 52.0 Å². The highest BCUT2D eigenvalue weighted by Gasteiger charge is 1.94. The highest BCUT2D eigenvalue weighted by atomic mass is 16.5. The van der Waals surface area contributed by atoms with E-state index in [1.165, 1.54) is 6.42 Å². The Morgan fingerprint density at radius 2 is 1.88 bits per heavy atom. The normalized spacial score (nSPS) is 11.9. The van der Waals surface area contributed by atoms with Gasteiger partial charge >= 0.3 is 0 Å². The molecule has 0 rings (SSSR count). The predicted octanol–water partition coefficient (Wildman–Crippen LogP) is 1.70. The van der Waals surface area contributed by atoms with Gasteiger partial charge in [0.25, 0.3) is 0 Å². The van der Waals surface area contributed by atoms with Gasteiger partial charge in [-0.3, -0.25) is 0 Å². The van der Waals surface area contributed by atoms with Crippen LogP contribution in [0.25, 0.3) is 0 Å². The summed E-state index contributed by atoms with van der Waals surface area (Å²) in [5.41, 5.74) is 5.36. The van der Waals surface area contributed by atoms with E-state index in [1.54, 1.807) is 0 Å². The van der Waals surface area contributed by atoms with Crippen molar-refractivity contribution in [3.63, 3.8) is 0 Å². The third-order valence-corrected chi connectivity index (χ3v) is 2.45. The van der Waals surface area contributed by atoms with Crippen LogP contribution in [0, 0.1) is 0 Å². The first-order chi connectivity index (χ1) is 8.31. The number of amidine groups is 1. The molecule has 0 aliphatic rings. The Balaban J connectivity index is 2.99. The van der Waals surface area contributed by atoms with E-state index >= 15 is 0 Å². The van der Waals surface area contributed by atoms with Gasteiger partial charge in [-0.15, -0.1) is 0 Å². The molecule has 0 aliphatic carbocycles. The number of nitrogens with zero attached hydrogens (tertiary/aromatic N) is 1. The third kappa shape index (κ3) is 13.1. The average molecular weight is 245 g/mol. The summed E-state index contributed by atoms with van der Waals surface area (Å²) < 4.78 is 5.45. The van der Waals surface area contributed by atoms with E-state index in [4.69, 9.17) is 15.7 Å². The smallest absolute Gasteiger partial charge is 0.139 e. The molecule has 17 heavy (non-hydrogen) atoms. The number of nitrogens with two attached hydrogens (primary N) is 1. The molecule has 0 unspecified atom stereocenters. The Kier molecular flexibility index (Phi) is 12.6. The molecular weight excluding hydrogens is 218 g/mol. The van der Waals surface area contributed by atoms with Crippen molar-refractivity contribution in [2.24, 2.45) is 10.9 Å². The molecule has 4 N–H and O–H groups in total. The van der Waals surface area contributed by atoms with E-state index in [0.29, 0.717) is 12.3 Å². The summed E-state index contributed by atoms with van der Waals surface area (Å²) in [5, 5.41) is 14.6. The number of ether oxygens (including phenoxy) is 1. The molecule has 0 aromatic heterocycles. The molecule has 0 fully saturated rings. The van der Waals surface area contributed by atoms with Crippen molar-refractivity contribution in [2.45, 2.75) is 45.4 Å². The van der Waals surface area contributed by atoms with Gasteiger partial charge in [0.1, 0.15) is 5.84 Å². The first-order valence-corrected chi connectivity index (χ1v) is 6.56. The molecule has 0 amide bonds. The lowest BCUT2D eigenvalue weighted by Crippen LogP contribution is -2.19. The second-order valence-electron chi connectivity index (χ2n) is 4.12. The molecule has 102 valence electrons. The van der Waals surface area contributed by atoms with Crippen LogP contribution >= 0.6 is 0 Å². The summed E-state index contributed by atoms with van der Waals surface area (Å²) in [6.07, 6.45) is 6.07. The lowest BCUT2D eigenvalue weighted by Gasteiger charge is -2.05. The molecule has 0 spiro atoms. The molecule has 0 aliphatic heterocycles. The van der Waals surface area contributed by atoms with Gasteiger partial charge in [0.15, 0.2) is 0 Å².